The minimum absolute atomic E-state index is 0.0390. The summed E-state index contributed by atoms with van der Waals surface area (Å²) in [5, 5.41) is 13.6. The standard InChI is InChI=1S/C19H28N2O2/c1-12(2)17(18(22)23)21-11-19(7-5-6-8-19)20-15-9-13(3)14(4)10-16(15)21/h9-10,12,17,20H,5-8,11H2,1-4H3,(H,22,23). The van der Waals surface area contributed by atoms with E-state index in [1.807, 2.05) is 13.8 Å². The van der Waals surface area contributed by atoms with E-state index < -0.39 is 12.0 Å². The molecule has 1 unspecified atom stereocenters. The largest absolute Gasteiger partial charge is 0.480 e. The van der Waals surface area contributed by atoms with Crippen molar-refractivity contribution < 1.29 is 9.90 Å². The minimum atomic E-state index is -0.723. The lowest BCUT2D eigenvalue weighted by Gasteiger charge is -2.47. The summed E-state index contributed by atoms with van der Waals surface area (Å²) in [6.07, 6.45) is 4.70. The van der Waals surface area contributed by atoms with Crippen LogP contribution in [0.15, 0.2) is 12.1 Å². The van der Waals surface area contributed by atoms with Crippen LogP contribution in [0.1, 0.15) is 50.7 Å². The highest BCUT2D eigenvalue weighted by molar-refractivity contribution is 5.84. The molecule has 4 nitrogen and oxygen atoms in total. The number of hydrogen-bond acceptors (Lipinski definition) is 3. The summed E-state index contributed by atoms with van der Waals surface area (Å²) in [4.78, 5) is 14.1. The zero-order chi connectivity index (χ0) is 16.8. The number of aryl methyl sites for hydroxylation is 2. The molecule has 1 aromatic carbocycles. The molecule has 126 valence electrons. The van der Waals surface area contributed by atoms with E-state index in [0.717, 1.165) is 30.8 Å². The number of hydrogen-bond donors (Lipinski definition) is 2. The zero-order valence-electron chi connectivity index (χ0n) is 14.6. The van der Waals surface area contributed by atoms with Crippen LogP contribution in [-0.2, 0) is 4.79 Å². The number of rotatable bonds is 3. The lowest BCUT2D eigenvalue weighted by atomic mass is 9.89. The lowest BCUT2D eigenvalue weighted by molar-refractivity contribution is -0.139. The van der Waals surface area contributed by atoms with E-state index in [4.69, 9.17) is 0 Å². The van der Waals surface area contributed by atoms with Crippen molar-refractivity contribution in [3.05, 3.63) is 23.3 Å². The molecule has 0 radical (unpaired) electrons. The summed E-state index contributed by atoms with van der Waals surface area (Å²) in [5.41, 5.74) is 4.66. The number of anilines is 2. The van der Waals surface area contributed by atoms with Gasteiger partial charge in [-0.25, -0.2) is 4.79 Å². The Morgan fingerprint density at radius 2 is 1.83 bits per heavy atom. The van der Waals surface area contributed by atoms with Gasteiger partial charge in [-0.15, -0.1) is 0 Å². The van der Waals surface area contributed by atoms with Crippen molar-refractivity contribution in [1.82, 2.24) is 0 Å². The number of nitrogens with zero attached hydrogens (tertiary/aromatic N) is 1. The molecule has 0 aromatic heterocycles. The predicted octanol–water partition coefficient (Wildman–Crippen LogP) is 3.96. The second-order valence-electron chi connectivity index (χ2n) is 7.72. The zero-order valence-corrected chi connectivity index (χ0v) is 14.6. The first-order valence-corrected chi connectivity index (χ1v) is 8.72. The quantitative estimate of drug-likeness (QED) is 0.886. The second-order valence-corrected chi connectivity index (χ2v) is 7.72. The Morgan fingerprint density at radius 1 is 1.22 bits per heavy atom. The molecule has 2 aliphatic rings. The lowest BCUT2D eigenvalue weighted by Crippen LogP contribution is -2.57. The second kappa shape index (κ2) is 5.73. The average Bonchev–Trinajstić information content (AvgIpc) is 2.88. The van der Waals surface area contributed by atoms with Gasteiger partial charge in [-0.2, -0.15) is 0 Å². The average molecular weight is 316 g/mol. The maximum absolute atomic E-state index is 11.9. The number of carbonyl (C=O) groups is 1. The van der Waals surface area contributed by atoms with Crippen LogP contribution < -0.4 is 10.2 Å². The SMILES string of the molecule is Cc1cc2c(cc1C)N(C(C(=O)O)C(C)C)CC1(CCCC1)N2. The Morgan fingerprint density at radius 3 is 2.39 bits per heavy atom. The Balaban J connectivity index is 2.10. The molecular weight excluding hydrogens is 288 g/mol. The van der Waals surface area contributed by atoms with Crippen LogP contribution in [0, 0.1) is 19.8 Å². The molecule has 0 bridgehead atoms. The third kappa shape index (κ3) is 2.79. The third-order valence-corrected chi connectivity index (χ3v) is 5.58. The molecule has 1 atom stereocenters. The van der Waals surface area contributed by atoms with Crippen LogP contribution in [0.2, 0.25) is 0 Å². The maximum Gasteiger partial charge on any atom is 0.326 e. The van der Waals surface area contributed by atoms with Crippen molar-refractivity contribution in [1.29, 1.82) is 0 Å². The topological polar surface area (TPSA) is 52.6 Å². The fraction of sp³-hybridized carbons (Fsp3) is 0.632. The number of aliphatic carboxylic acids is 1. The summed E-state index contributed by atoms with van der Waals surface area (Å²) in [7, 11) is 0. The first-order chi connectivity index (χ1) is 10.8. The molecule has 1 aliphatic carbocycles. The monoisotopic (exact) mass is 316 g/mol. The fourth-order valence-corrected chi connectivity index (χ4v) is 4.24. The maximum atomic E-state index is 11.9. The van der Waals surface area contributed by atoms with Gasteiger partial charge in [0.15, 0.2) is 0 Å². The molecule has 2 N–H and O–H groups in total. The van der Waals surface area contributed by atoms with Gasteiger partial charge >= 0.3 is 5.97 Å². The van der Waals surface area contributed by atoms with Gasteiger partial charge in [0.1, 0.15) is 6.04 Å². The molecular formula is C19H28N2O2. The summed E-state index contributed by atoms with van der Waals surface area (Å²) in [5.74, 6) is -0.655. The van der Waals surface area contributed by atoms with Crippen molar-refractivity contribution in [3.8, 4) is 0 Å². The number of nitrogens with one attached hydrogen (secondary N) is 1. The van der Waals surface area contributed by atoms with Gasteiger partial charge in [0.2, 0.25) is 0 Å². The number of benzene rings is 1. The van der Waals surface area contributed by atoms with Crippen LogP contribution in [0.25, 0.3) is 0 Å². The van der Waals surface area contributed by atoms with E-state index in [1.165, 1.54) is 24.0 Å². The molecule has 4 heteroatoms. The molecule has 1 fully saturated rings. The normalized spacial score (nSPS) is 20.5. The Hall–Kier alpha value is -1.71. The van der Waals surface area contributed by atoms with Crippen LogP contribution in [0.5, 0.6) is 0 Å². The highest BCUT2D eigenvalue weighted by Gasteiger charge is 2.43. The molecule has 3 rings (SSSR count). The number of carboxylic acids is 1. The Labute approximate surface area is 138 Å². The fourth-order valence-electron chi connectivity index (χ4n) is 4.24. The van der Waals surface area contributed by atoms with E-state index in [0.29, 0.717) is 0 Å². The molecule has 23 heavy (non-hydrogen) atoms. The van der Waals surface area contributed by atoms with Gasteiger partial charge < -0.3 is 15.3 Å². The molecule has 0 saturated heterocycles. The van der Waals surface area contributed by atoms with Crippen molar-refractivity contribution in [2.45, 2.75) is 65.0 Å². The van der Waals surface area contributed by atoms with Crippen molar-refractivity contribution in [2.75, 3.05) is 16.8 Å². The van der Waals surface area contributed by atoms with E-state index in [9.17, 15) is 9.90 Å². The summed E-state index contributed by atoms with van der Waals surface area (Å²) < 4.78 is 0. The molecule has 1 aromatic rings. The minimum Gasteiger partial charge on any atom is -0.480 e. The first kappa shape index (κ1) is 16.2. The van der Waals surface area contributed by atoms with Crippen LogP contribution in [0.4, 0.5) is 11.4 Å². The molecule has 1 heterocycles. The van der Waals surface area contributed by atoms with E-state index in [2.05, 4.69) is 36.2 Å². The van der Waals surface area contributed by atoms with Crippen molar-refractivity contribution in [2.24, 2.45) is 5.92 Å². The Bertz CT molecular complexity index is 618. The third-order valence-electron chi connectivity index (χ3n) is 5.58. The van der Waals surface area contributed by atoms with Crippen molar-refractivity contribution >= 4 is 17.3 Å². The smallest absolute Gasteiger partial charge is 0.326 e. The van der Waals surface area contributed by atoms with Gasteiger partial charge in [0.05, 0.1) is 16.9 Å². The number of fused-ring (bicyclic) bond motifs is 1. The molecule has 0 amide bonds. The highest BCUT2D eigenvalue weighted by atomic mass is 16.4. The first-order valence-electron chi connectivity index (χ1n) is 8.72. The van der Waals surface area contributed by atoms with Crippen molar-refractivity contribution in [3.63, 3.8) is 0 Å². The van der Waals surface area contributed by atoms with E-state index in [1.54, 1.807) is 0 Å². The summed E-state index contributed by atoms with van der Waals surface area (Å²) in [6, 6.07) is 3.86. The van der Waals surface area contributed by atoms with Gasteiger partial charge in [-0.3, -0.25) is 0 Å². The molecule has 1 aliphatic heterocycles. The van der Waals surface area contributed by atoms with Crippen LogP contribution in [-0.4, -0.2) is 29.2 Å². The van der Waals surface area contributed by atoms with Crippen LogP contribution in [0.3, 0.4) is 0 Å². The van der Waals surface area contributed by atoms with Crippen LogP contribution >= 0.6 is 0 Å². The number of carboxylic acid groups (broad SMARTS) is 1. The van der Waals surface area contributed by atoms with Gasteiger partial charge in [0.25, 0.3) is 0 Å². The molecule has 1 spiro atoms. The summed E-state index contributed by atoms with van der Waals surface area (Å²) >= 11 is 0. The van der Waals surface area contributed by atoms with E-state index in [-0.39, 0.29) is 11.5 Å². The van der Waals surface area contributed by atoms with Gasteiger partial charge in [0, 0.05) is 6.54 Å². The summed E-state index contributed by atoms with van der Waals surface area (Å²) in [6.45, 7) is 9.01. The van der Waals surface area contributed by atoms with Gasteiger partial charge in [-0.05, 0) is 55.9 Å². The predicted molar refractivity (Wildman–Crippen MR) is 94.3 cm³/mol. The molecule has 1 saturated carbocycles. The van der Waals surface area contributed by atoms with Gasteiger partial charge in [-0.1, -0.05) is 26.7 Å². The highest BCUT2D eigenvalue weighted by Crippen LogP contribution is 2.44. The Kier molecular flexibility index (Phi) is 4.03. The van der Waals surface area contributed by atoms with E-state index >= 15 is 0 Å².